The average Bonchev–Trinajstić information content (AvgIpc) is 2.46. The van der Waals surface area contributed by atoms with E-state index in [4.69, 9.17) is 0 Å². The van der Waals surface area contributed by atoms with E-state index in [1.165, 1.54) is 12.8 Å². The average molecular weight is 306 g/mol. The number of aliphatic hydroxyl groups is 2. The molecule has 2 nitrogen and oxygen atoms in total. The van der Waals surface area contributed by atoms with E-state index in [9.17, 15) is 10.2 Å². The summed E-state index contributed by atoms with van der Waals surface area (Å²) in [6.45, 7) is 11.2. The molecule has 3 aliphatic rings. The van der Waals surface area contributed by atoms with Crippen molar-refractivity contribution in [3.05, 3.63) is 12.7 Å². The number of hydrogen-bond acceptors (Lipinski definition) is 2. The van der Waals surface area contributed by atoms with Crippen LogP contribution in [0.15, 0.2) is 12.7 Å². The summed E-state index contributed by atoms with van der Waals surface area (Å²) in [6.07, 6.45) is 10.7. The van der Waals surface area contributed by atoms with Gasteiger partial charge in [0.1, 0.15) is 0 Å². The third-order valence-electron chi connectivity index (χ3n) is 7.98. The minimum atomic E-state index is -0.528. The highest BCUT2D eigenvalue weighted by molar-refractivity contribution is 5.14. The molecule has 22 heavy (non-hydrogen) atoms. The number of hydrogen-bond donors (Lipinski definition) is 2. The lowest BCUT2D eigenvalue weighted by Crippen LogP contribution is -2.62. The zero-order valence-electron chi connectivity index (χ0n) is 14.7. The van der Waals surface area contributed by atoms with E-state index in [-0.39, 0.29) is 16.2 Å². The maximum atomic E-state index is 11.5. The van der Waals surface area contributed by atoms with Crippen LogP contribution in [0.5, 0.6) is 0 Å². The summed E-state index contributed by atoms with van der Waals surface area (Å²) in [5, 5.41) is 21.5. The highest BCUT2D eigenvalue weighted by Crippen LogP contribution is 2.66. The number of rotatable bonds is 2. The monoisotopic (exact) mass is 306 g/mol. The third kappa shape index (κ3) is 2.21. The van der Waals surface area contributed by atoms with Gasteiger partial charge in [-0.3, -0.25) is 0 Å². The summed E-state index contributed by atoms with van der Waals surface area (Å²) in [5.41, 5.74) is -0.206. The molecule has 0 aromatic carbocycles. The second-order valence-corrected chi connectivity index (χ2v) is 9.49. The van der Waals surface area contributed by atoms with Crippen LogP contribution in [0.1, 0.15) is 72.1 Å². The van der Waals surface area contributed by atoms with Gasteiger partial charge in [0, 0.05) is 6.61 Å². The van der Waals surface area contributed by atoms with Gasteiger partial charge in [-0.2, -0.15) is 0 Å². The Bertz CT molecular complexity index is 461. The van der Waals surface area contributed by atoms with Crippen molar-refractivity contribution >= 4 is 0 Å². The Kier molecular flexibility index (Phi) is 3.81. The van der Waals surface area contributed by atoms with Crippen molar-refractivity contribution in [3.8, 4) is 0 Å². The highest BCUT2D eigenvalue weighted by Gasteiger charge is 2.62. The van der Waals surface area contributed by atoms with Crippen molar-refractivity contribution in [2.24, 2.45) is 28.1 Å². The molecule has 3 aliphatic carbocycles. The van der Waals surface area contributed by atoms with Gasteiger partial charge in [0.15, 0.2) is 0 Å². The van der Waals surface area contributed by atoms with Crippen LogP contribution in [0.3, 0.4) is 0 Å². The molecule has 0 amide bonds. The van der Waals surface area contributed by atoms with Crippen LogP contribution >= 0.6 is 0 Å². The van der Waals surface area contributed by atoms with Gasteiger partial charge in [-0.1, -0.05) is 33.3 Å². The molecule has 0 spiro atoms. The lowest BCUT2D eigenvalue weighted by Gasteiger charge is -2.64. The van der Waals surface area contributed by atoms with Gasteiger partial charge in [-0.05, 0) is 73.0 Å². The number of fused-ring (bicyclic) bond motifs is 3. The van der Waals surface area contributed by atoms with E-state index in [2.05, 4.69) is 33.4 Å². The maximum Gasteiger partial charge on any atom is 0.0689 e. The second-order valence-electron chi connectivity index (χ2n) is 9.49. The molecule has 0 aliphatic heterocycles. The summed E-state index contributed by atoms with van der Waals surface area (Å²) in [5.74, 6) is 0.940. The predicted molar refractivity (Wildman–Crippen MR) is 90.5 cm³/mol. The summed E-state index contributed by atoms with van der Waals surface area (Å²) >= 11 is 0. The highest BCUT2D eigenvalue weighted by atomic mass is 16.3. The molecule has 3 rings (SSSR count). The zero-order chi connectivity index (χ0) is 16.2. The van der Waals surface area contributed by atoms with Gasteiger partial charge >= 0.3 is 0 Å². The quantitative estimate of drug-likeness (QED) is 0.746. The van der Waals surface area contributed by atoms with E-state index >= 15 is 0 Å². The SMILES string of the molecule is C=C[C@@]1(C)CCC2[C@@](O)(CCC3[C@@](C)(CO)CCC[C@@]32C)C1. The van der Waals surface area contributed by atoms with Gasteiger partial charge in [-0.15, -0.1) is 6.58 Å². The minimum Gasteiger partial charge on any atom is -0.396 e. The first-order valence-electron chi connectivity index (χ1n) is 9.18. The molecule has 0 aromatic rings. The fraction of sp³-hybridized carbons (Fsp3) is 0.900. The Labute approximate surface area is 136 Å². The van der Waals surface area contributed by atoms with E-state index in [0.717, 1.165) is 38.5 Å². The Hall–Kier alpha value is -0.340. The molecule has 6 atom stereocenters. The Balaban J connectivity index is 1.94. The standard InChI is InChI=1S/C20H34O2/c1-5-17(2)11-7-16-19(4)10-6-9-18(3,14-21)15(19)8-12-20(16,22)13-17/h5,15-16,21-22H,1,6-14H2,2-4H3/t15?,16?,17-,18+,19-,20+/m0/s1. The molecule has 2 unspecified atom stereocenters. The Morgan fingerprint density at radius 1 is 1.05 bits per heavy atom. The van der Waals surface area contributed by atoms with Crippen LogP contribution in [0, 0.1) is 28.1 Å². The summed E-state index contributed by atoms with van der Waals surface area (Å²) in [4.78, 5) is 0. The van der Waals surface area contributed by atoms with Crippen molar-refractivity contribution in [3.63, 3.8) is 0 Å². The van der Waals surface area contributed by atoms with Crippen molar-refractivity contribution in [2.75, 3.05) is 6.61 Å². The van der Waals surface area contributed by atoms with Gasteiger partial charge in [0.05, 0.1) is 5.60 Å². The molecular formula is C20H34O2. The van der Waals surface area contributed by atoms with E-state index in [1.807, 2.05) is 0 Å². The van der Waals surface area contributed by atoms with Crippen molar-refractivity contribution in [2.45, 2.75) is 77.7 Å². The van der Waals surface area contributed by atoms with Crippen LogP contribution in [0.4, 0.5) is 0 Å². The molecule has 2 N–H and O–H groups in total. The first-order valence-corrected chi connectivity index (χ1v) is 9.18. The summed E-state index contributed by atoms with van der Waals surface area (Å²) in [6, 6.07) is 0. The molecule has 0 radical (unpaired) electrons. The van der Waals surface area contributed by atoms with Crippen LogP contribution in [0.2, 0.25) is 0 Å². The molecule has 0 saturated heterocycles. The molecule has 3 fully saturated rings. The van der Waals surface area contributed by atoms with Crippen LogP contribution < -0.4 is 0 Å². The topological polar surface area (TPSA) is 40.5 Å². The maximum absolute atomic E-state index is 11.5. The van der Waals surface area contributed by atoms with E-state index < -0.39 is 5.60 Å². The molecule has 3 saturated carbocycles. The van der Waals surface area contributed by atoms with E-state index in [0.29, 0.717) is 18.4 Å². The summed E-state index contributed by atoms with van der Waals surface area (Å²) in [7, 11) is 0. The Morgan fingerprint density at radius 2 is 1.73 bits per heavy atom. The number of allylic oxidation sites excluding steroid dienone is 1. The van der Waals surface area contributed by atoms with Crippen LogP contribution in [0.25, 0.3) is 0 Å². The third-order valence-corrected chi connectivity index (χ3v) is 7.98. The van der Waals surface area contributed by atoms with Crippen LogP contribution in [-0.4, -0.2) is 22.4 Å². The van der Waals surface area contributed by atoms with Crippen molar-refractivity contribution < 1.29 is 10.2 Å². The fourth-order valence-corrected chi connectivity index (χ4v) is 6.73. The van der Waals surface area contributed by atoms with Gasteiger partial charge < -0.3 is 10.2 Å². The zero-order valence-corrected chi connectivity index (χ0v) is 14.7. The molecular weight excluding hydrogens is 272 g/mol. The largest absolute Gasteiger partial charge is 0.396 e. The van der Waals surface area contributed by atoms with Gasteiger partial charge in [0.25, 0.3) is 0 Å². The summed E-state index contributed by atoms with van der Waals surface area (Å²) < 4.78 is 0. The predicted octanol–water partition coefficient (Wildman–Crippen LogP) is 4.31. The molecule has 0 aromatic heterocycles. The normalized spacial score (nSPS) is 55.1. The molecule has 2 heteroatoms. The van der Waals surface area contributed by atoms with Gasteiger partial charge in [0.2, 0.25) is 0 Å². The Morgan fingerprint density at radius 3 is 2.36 bits per heavy atom. The first kappa shape index (κ1) is 16.5. The minimum absolute atomic E-state index is 0.0491. The second kappa shape index (κ2) is 5.08. The van der Waals surface area contributed by atoms with E-state index in [1.54, 1.807) is 0 Å². The first-order chi connectivity index (χ1) is 10.2. The van der Waals surface area contributed by atoms with Crippen LogP contribution in [-0.2, 0) is 0 Å². The fourth-order valence-electron chi connectivity index (χ4n) is 6.73. The lowest BCUT2D eigenvalue weighted by atomic mass is 9.42. The molecule has 126 valence electrons. The smallest absolute Gasteiger partial charge is 0.0689 e. The molecule has 0 heterocycles. The van der Waals surface area contributed by atoms with Crippen molar-refractivity contribution in [1.82, 2.24) is 0 Å². The lowest BCUT2D eigenvalue weighted by molar-refractivity contribution is -0.210. The molecule has 0 bridgehead atoms. The number of aliphatic hydroxyl groups excluding tert-OH is 1. The van der Waals surface area contributed by atoms with Crippen molar-refractivity contribution in [1.29, 1.82) is 0 Å². The van der Waals surface area contributed by atoms with Gasteiger partial charge in [-0.25, -0.2) is 0 Å².